The van der Waals surface area contributed by atoms with Crippen molar-refractivity contribution < 1.29 is 4.74 Å². The second kappa shape index (κ2) is 7.88. The first-order valence-corrected chi connectivity index (χ1v) is 8.09. The van der Waals surface area contributed by atoms with E-state index in [1.807, 2.05) is 24.3 Å². The molecular weight excluding hydrogens is 284 g/mol. The van der Waals surface area contributed by atoms with Crippen LogP contribution in [-0.4, -0.2) is 22.4 Å². The molecule has 112 valence electrons. The van der Waals surface area contributed by atoms with E-state index in [0.29, 0.717) is 11.4 Å². The molecule has 2 rings (SSSR count). The molecule has 1 heterocycles. The van der Waals surface area contributed by atoms with Crippen LogP contribution in [0.1, 0.15) is 26.2 Å². The highest BCUT2D eigenvalue weighted by molar-refractivity contribution is 7.99. The summed E-state index contributed by atoms with van der Waals surface area (Å²) in [6.07, 6.45) is 5.13. The molecule has 1 aromatic heterocycles. The Hall–Kier alpha value is -1.75. The van der Waals surface area contributed by atoms with Crippen LogP contribution in [0.25, 0.3) is 5.69 Å². The lowest BCUT2D eigenvalue weighted by Crippen LogP contribution is -2.18. The highest BCUT2D eigenvalue weighted by Crippen LogP contribution is 2.21. The van der Waals surface area contributed by atoms with Gasteiger partial charge in [-0.1, -0.05) is 31.9 Å². The van der Waals surface area contributed by atoms with Crippen LogP contribution < -0.4 is 10.3 Å². The van der Waals surface area contributed by atoms with Crippen molar-refractivity contribution in [2.75, 3.05) is 12.9 Å². The van der Waals surface area contributed by atoms with E-state index in [0.717, 1.165) is 17.2 Å². The summed E-state index contributed by atoms with van der Waals surface area (Å²) >= 11 is 1.63. The van der Waals surface area contributed by atoms with Gasteiger partial charge in [-0.2, -0.15) is 0 Å². The number of rotatable bonds is 7. The first-order valence-electron chi connectivity index (χ1n) is 7.11. The van der Waals surface area contributed by atoms with E-state index in [9.17, 15) is 4.79 Å². The first kappa shape index (κ1) is 15.6. The average Bonchev–Trinajstić information content (AvgIpc) is 2.52. The Kier molecular flexibility index (Phi) is 5.87. The lowest BCUT2D eigenvalue weighted by Gasteiger charge is -2.10. The summed E-state index contributed by atoms with van der Waals surface area (Å²) < 4.78 is 6.79. The average molecular weight is 304 g/mol. The predicted molar refractivity (Wildman–Crippen MR) is 86.6 cm³/mol. The summed E-state index contributed by atoms with van der Waals surface area (Å²) in [5.41, 5.74) is 0.618. The fraction of sp³-hybridized carbons (Fsp3) is 0.375. The Morgan fingerprint density at radius 1 is 1.29 bits per heavy atom. The molecule has 0 amide bonds. The number of hydrogen-bond donors (Lipinski definition) is 0. The van der Waals surface area contributed by atoms with Gasteiger partial charge in [0.2, 0.25) is 0 Å². The van der Waals surface area contributed by atoms with E-state index in [1.165, 1.54) is 17.4 Å². The largest absolute Gasteiger partial charge is 0.495 e. The molecule has 4 nitrogen and oxygen atoms in total. The third-order valence-corrected chi connectivity index (χ3v) is 4.14. The number of para-hydroxylation sites is 2. The molecule has 0 aliphatic heterocycles. The number of unbranched alkanes of at least 4 members (excludes halogenated alkanes) is 2. The van der Waals surface area contributed by atoms with Crippen molar-refractivity contribution in [2.45, 2.75) is 31.2 Å². The highest BCUT2D eigenvalue weighted by atomic mass is 32.2. The molecule has 0 spiro atoms. The molecule has 0 radical (unpaired) electrons. The van der Waals surface area contributed by atoms with Crippen molar-refractivity contribution in [3.8, 4) is 11.4 Å². The monoisotopic (exact) mass is 304 g/mol. The van der Waals surface area contributed by atoms with Gasteiger partial charge in [0.05, 0.1) is 12.8 Å². The van der Waals surface area contributed by atoms with Gasteiger partial charge in [-0.05, 0) is 24.3 Å². The molecule has 0 aliphatic rings. The van der Waals surface area contributed by atoms with Gasteiger partial charge in [0.1, 0.15) is 17.1 Å². The fourth-order valence-electron chi connectivity index (χ4n) is 2.00. The Morgan fingerprint density at radius 3 is 2.81 bits per heavy atom. The predicted octanol–water partition coefficient (Wildman–Crippen LogP) is 3.52. The van der Waals surface area contributed by atoms with Gasteiger partial charge in [-0.15, -0.1) is 11.8 Å². The smallest absolute Gasteiger partial charge is 0.259 e. The van der Waals surface area contributed by atoms with Crippen LogP contribution >= 0.6 is 11.8 Å². The fourth-order valence-corrected chi connectivity index (χ4v) is 2.86. The molecule has 0 unspecified atom stereocenters. The van der Waals surface area contributed by atoms with Crippen molar-refractivity contribution >= 4 is 11.8 Å². The number of ether oxygens (including phenoxy) is 1. The van der Waals surface area contributed by atoms with Gasteiger partial charge in [-0.3, -0.25) is 9.36 Å². The van der Waals surface area contributed by atoms with Gasteiger partial charge in [0.25, 0.3) is 5.56 Å². The number of methoxy groups -OCH3 is 1. The summed E-state index contributed by atoms with van der Waals surface area (Å²) in [6.45, 7) is 2.18. The maximum Gasteiger partial charge on any atom is 0.259 e. The van der Waals surface area contributed by atoms with E-state index in [-0.39, 0.29) is 5.56 Å². The Labute approximate surface area is 129 Å². The van der Waals surface area contributed by atoms with Crippen LogP contribution in [0.5, 0.6) is 5.75 Å². The molecule has 0 aliphatic carbocycles. The normalized spacial score (nSPS) is 10.6. The first-order chi connectivity index (χ1) is 10.3. The number of thioether (sulfide) groups is 1. The zero-order valence-corrected chi connectivity index (χ0v) is 13.2. The second-order valence-corrected chi connectivity index (χ2v) is 5.78. The van der Waals surface area contributed by atoms with Crippen LogP contribution in [0.2, 0.25) is 0 Å². The summed E-state index contributed by atoms with van der Waals surface area (Å²) in [5.74, 6) is 1.66. The molecule has 0 fully saturated rings. The number of nitrogens with zero attached hydrogens (tertiary/aromatic N) is 2. The quantitative estimate of drug-likeness (QED) is 0.446. The summed E-state index contributed by atoms with van der Waals surface area (Å²) in [7, 11) is 1.59. The van der Waals surface area contributed by atoms with E-state index in [4.69, 9.17) is 4.74 Å². The van der Waals surface area contributed by atoms with Crippen molar-refractivity contribution in [1.29, 1.82) is 0 Å². The van der Waals surface area contributed by atoms with Gasteiger partial charge in [0.15, 0.2) is 0 Å². The van der Waals surface area contributed by atoms with Gasteiger partial charge in [-0.25, -0.2) is 4.98 Å². The van der Waals surface area contributed by atoms with Crippen molar-refractivity contribution in [2.24, 2.45) is 0 Å². The van der Waals surface area contributed by atoms with Crippen LogP contribution in [0.4, 0.5) is 0 Å². The minimum atomic E-state index is -0.0903. The van der Waals surface area contributed by atoms with Gasteiger partial charge >= 0.3 is 0 Å². The lowest BCUT2D eigenvalue weighted by atomic mass is 10.3. The van der Waals surface area contributed by atoms with Crippen molar-refractivity contribution in [1.82, 2.24) is 9.55 Å². The molecule has 0 saturated heterocycles. The summed E-state index contributed by atoms with van der Waals surface area (Å²) in [6, 6.07) is 9.00. The van der Waals surface area contributed by atoms with Crippen LogP contribution in [-0.2, 0) is 0 Å². The maximum atomic E-state index is 12.3. The molecule has 21 heavy (non-hydrogen) atoms. The topological polar surface area (TPSA) is 44.1 Å². The van der Waals surface area contributed by atoms with Gasteiger partial charge in [0, 0.05) is 6.07 Å². The summed E-state index contributed by atoms with van der Waals surface area (Å²) in [5, 5.41) is 0.780. The maximum absolute atomic E-state index is 12.3. The van der Waals surface area contributed by atoms with E-state index >= 15 is 0 Å². The molecule has 2 aromatic rings. The van der Waals surface area contributed by atoms with Crippen LogP contribution in [0, 0.1) is 0 Å². The van der Waals surface area contributed by atoms with Gasteiger partial charge < -0.3 is 4.74 Å². The Morgan fingerprint density at radius 2 is 2.10 bits per heavy atom. The Balaban J connectivity index is 2.18. The number of hydrogen-bond acceptors (Lipinski definition) is 4. The molecule has 5 heteroatoms. The zero-order valence-electron chi connectivity index (χ0n) is 12.4. The molecule has 0 atom stereocenters. The van der Waals surface area contributed by atoms with Crippen molar-refractivity contribution in [3.05, 3.63) is 47.0 Å². The standard InChI is InChI=1S/C16H20N2O2S/c1-3-4-7-10-21-15-11-16(19)18(12-17-15)13-8-5-6-9-14(13)20-2/h5-6,8-9,11-12H,3-4,7,10H2,1-2H3. The van der Waals surface area contributed by atoms with E-state index in [1.54, 1.807) is 31.3 Å². The second-order valence-electron chi connectivity index (χ2n) is 4.66. The molecule has 0 saturated carbocycles. The molecular formula is C16H20N2O2S. The third kappa shape index (κ3) is 4.11. The van der Waals surface area contributed by atoms with E-state index in [2.05, 4.69) is 11.9 Å². The molecule has 0 bridgehead atoms. The SMILES string of the molecule is CCCCCSc1cc(=O)n(-c2ccccc2OC)cn1. The Bertz CT molecular complexity index is 640. The highest BCUT2D eigenvalue weighted by Gasteiger charge is 2.07. The van der Waals surface area contributed by atoms with Crippen LogP contribution in [0.15, 0.2) is 46.5 Å². The number of benzene rings is 1. The van der Waals surface area contributed by atoms with Crippen molar-refractivity contribution in [3.63, 3.8) is 0 Å². The molecule has 0 N–H and O–H groups in total. The third-order valence-electron chi connectivity index (χ3n) is 3.13. The van der Waals surface area contributed by atoms with Crippen LogP contribution in [0.3, 0.4) is 0 Å². The van der Waals surface area contributed by atoms with E-state index < -0.39 is 0 Å². The zero-order chi connectivity index (χ0) is 15.1. The minimum absolute atomic E-state index is 0.0903. The number of aromatic nitrogens is 2. The molecule has 1 aromatic carbocycles. The minimum Gasteiger partial charge on any atom is -0.495 e. The lowest BCUT2D eigenvalue weighted by molar-refractivity contribution is 0.412. The summed E-state index contributed by atoms with van der Waals surface area (Å²) in [4.78, 5) is 16.6.